The second-order valence-corrected chi connectivity index (χ2v) is 5.81. The van der Waals surface area contributed by atoms with Crippen LogP contribution in [0.25, 0.3) is 11.5 Å². The van der Waals surface area contributed by atoms with E-state index in [2.05, 4.69) is 27.4 Å². The zero-order valence-corrected chi connectivity index (χ0v) is 12.7. The first kappa shape index (κ1) is 14.3. The molecule has 1 N–H and O–H groups in total. The van der Waals surface area contributed by atoms with Gasteiger partial charge in [0.05, 0.1) is 12.5 Å². The minimum atomic E-state index is 0.579. The standard InChI is InChI=1S/C15H23N5O/c1-3-17-12-7-5-4-6-11(12)8-14-18-15(19-21-14)13-9-16-10-20(13)2/h9-12,17H,3-8H2,1-2H3. The monoisotopic (exact) mass is 289 g/mol. The maximum Gasteiger partial charge on any atom is 0.227 e. The van der Waals surface area contributed by atoms with Crippen LogP contribution in [0, 0.1) is 5.92 Å². The van der Waals surface area contributed by atoms with Gasteiger partial charge in [-0.25, -0.2) is 4.98 Å². The summed E-state index contributed by atoms with van der Waals surface area (Å²) in [6.07, 6.45) is 9.47. The quantitative estimate of drug-likeness (QED) is 0.913. The Bertz CT molecular complexity index is 574. The molecule has 6 nitrogen and oxygen atoms in total. The first-order valence-corrected chi connectivity index (χ1v) is 7.80. The maximum atomic E-state index is 5.44. The van der Waals surface area contributed by atoms with Crippen LogP contribution >= 0.6 is 0 Å². The Morgan fingerprint density at radius 3 is 3.00 bits per heavy atom. The van der Waals surface area contributed by atoms with E-state index in [1.165, 1.54) is 25.7 Å². The molecular weight excluding hydrogens is 266 g/mol. The lowest BCUT2D eigenvalue weighted by molar-refractivity contribution is 0.242. The van der Waals surface area contributed by atoms with Gasteiger partial charge < -0.3 is 14.4 Å². The molecule has 1 aliphatic carbocycles. The molecule has 0 bridgehead atoms. The summed E-state index contributed by atoms with van der Waals surface area (Å²) < 4.78 is 7.34. The third-order valence-electron chi connectivity index (χ3n) is 4.33. The molecule has 0 radical (unpaired) electrons. The van der Waals surface area contributed by atoms with Crippen LogP contribution in [0.2, 0.25) is 0 Å². The first-order valence-electron chi connectivity index (χ1n) is 7.80. The summed E-state index contributed by atoms with van der Waals surface area (Å²) in [6, 6.07) is 0.579. The Hall–Kier alpha value is -1.69. The third kappa shape index (κ3) is 3.15. The van der Waals surface area contributed by atoms with Gasteiger partial charge in [-0.15, -0.1) is 0 Å². The zero-order valence-electron chi connectivity index (χ0n) is 12.7. The van der Waals surface area contributed by atoms with Gasteiger partial charge in [0.15, 0.2) is 0 Å². The van der Waals surface area contributed by atoms with E-state index in [9.17, 15) is 0 Å². The summed E-state index contributed by atoms with van der Waals surface area (Å²) in [5, 5.41) is 7.68. The van der Waals surface area contributed by atoms with Crippen LogP contribution in [0.3, 0.4) is 0 Å². The molecule has 2 atom stereocenters. The number of aryl methyl sites for hydroxylation is 1. The van der Waals surface area contributed by atoms with E-state index in [4.69, 9.17) is 4.52 Å². The largest absolute Gasteiger partial charge is 0.339 e. The second kappa shape index (κ2) is 6.39. The molecule has 1 fully saturated rings. The van der Waals surface area contributed by atoms with Gasteiger partial charge in [0.25, 0.3) is 0 Å². The Kier molecular flexibility index (Phi) is 4.34. The van der Waals surface area contributed by atoms with Crippen molar-refractivity contribution in [3.8, 4) is 11.5 Å². The Labute approximate surface area is 125 Å². The fourth-order valence-corrected chi connectivity index (χ4v) is 3.22. The Morgan fingerprint density at radius 2 is 2.24 bits per heavy atom. The van der Waals surface area contributed by atoms with Gasteiger partial charge in [0.1, 0.15) is 5.69 Å². The number of rotatable bonds is 5. The molecule has 0 spiro atoms. The van der Waals surface area contributed by atoms with Crippen molar-refractivity contribution in [3.63, 3.8) is 0 Å². The maximum absolute atomic E-state index is 5.44. The van der Waals surface area contributed by atoms with Crippen molar-refractivity contribution < 1.29 is 4.52 Å². The average molecular weight is 289 g/mol. The number of imidazole rings is 1. The predicted octanol–water partition coefficient (Wildman–Crippen LogP) is 2.18. The topological polar surface area (TPSA) is 68.8 Å². The number of nitrogens with zero attached hydrogens (tertiary/aromatic N) is 4. The summed E-state index contributed by atoms with van der Waals surface area (Å²) in [5.41, 5.74) is 0.886. The first-order chi connectivity index (χ1) is 10.3. The minimum Gasteiger partial charge on any atom is -0.339 e. The normalized spacial score (nSPS) is 22.6. The number of nitrogens with one attached hydrogen (secondary N) is 1. The lowest BCUT2D eigenvalue weighted by atomic mass is 9.82. The van der Waals surface area contributed by atoms with Crippen LogP contribution in [0.1, 0.15) is 38.5 Å². The van der Waals surface area contributed by atoms with Crippen LogP contribution in [-0.4, -0.2) is 32.3 Å². The predicted molar refractivity (Wildman–Crippen MR) is 79.6 cm³/mol. The van der Waals surface area contributed by atoms with Crippen LogP contribution in [0.4, 0.5) is 0 Å². The van der Waals surface area contributed by atoms with Crippen molar-refractivity contribution in [2.45, 2.75) is 45.1 Å². The second-order valence-electron chi connectivity index (χ2n) is 5.81. The van der Waals surface area contributed by atoms with E-state index >= 15 is 0 Å². The van der Waals surface area contributed by atoms with Gasteiger partial charge in [-0.2, -0.15) is 4.98 Å². The number of hydrogen-bond acceptors (Lipinski definition) is 5. The molecular formula is C15H23N5O. The van der Waals surface area contributed by atoms with Crippen molar-refractivity contribution in [2.75, 3.05) is 6.54 Å². The molecule has 114 valence electrons. The molecule has 1 saturated carbocycles. The van der Waals surface area contributed by atoms with Gasteiger partial charge in [0.2, 0.25) is 11.7 Å². The van der Waals surface area contributed by atoms with Crippen molar-refractivity contribution in [1.29, 1.82) is 0 Å². The lowest BCUT2D eigenvalue weighted by Gasteiger charge is -2.31. The van der Waals surface area contributed by atoms with Crippen LogP contribution < -0.4 is 5.32 Å². The van der Waals surface area contributed by atoms with E-state index in [1.807, 2.05) is 11.6 Å². The summed E-state index contributed by atoms with van der Waals surface area (Å²) in [6.45, 7) is 3.18. The lowest BCUT2D eigenvalue weighted by Crippen LogP contribution is -2.39. The molecule has 2 aromatic rings. The van der Waals surface area contributed by atoms with Gasteiger partial charge in [-0.1, -0.05) is 24.9 Å². The molecule has 2 aromatic heterocycles. The molecule has 0 amide bonds. The van der Waals surface area contributed by atoms with Gasteiger partial charge >= 0.3 is 0 Å². The Balaban J connectivity index is 1.70. The van der Waals surface area contributed by atoms with E-state index in [-0.39, 0.29) is 0 Å². The van der Waals surface area contributed by atoms with Crippen LogP contribution in [0.5, 0.6) is 0 Å². The minimum absolute atomic E-state index is 0.579. The summed E-state index contributed by atoms with van der Waals surface area (Å²) >= 11 is 0. The van der Waals surface area contributed by atoms with E-state index < -0.39 is 0 Å². The summed E-state index contributed by atoms with van der Waals surface area (Å²) in [4.78, 5) is 8.63. The Morgan fingerprint density at radius 1 is 1.38 bits per heavy atom. The fraction of sp³-hybridized carbons (Fsp3) is 0.667. The van der Waals surface area contributed by atoms with Crippen molar-refractivity contribution >= 4 is 0 Å². The molecule has 0 aliphatic heterocycles. The molecule has 2 unspecified atom stereocenters. The van der Waals surface area contributed by atoms with Gasteiger partial charge in [-0.05, 0) is 25.3 Å². The SMILES string of the molecule is CCNC1CCCCC1Cc1nc(-c2cncn2C)no1. The van der Waals surface area contributed by atoms with Crippen LogP contribution in [-0.2, 0) is 13.5 Å². The highest BCUT2D eigenvalue weighted by Gasteiger charge is 2.26. The van der Waals surface area contributed by atoms with E-state index in [0.717, 1.165) is 24.6 Å². The zero-order chi connectivity index (χ0) is 14.7. The molecule has 0 saturated heterocycles. The highest BCUT2D eigenvalue weighted by Crippen LogP contribution is 2.27. The third-order valence-corrected chi connectivity index (χ3v) is 4.33. The summed E-state index contributed by atoms with van der Waals surface area (Å²) in [7, 11) is 1.93. The van der Waals surface area contributed by atoms with E-state index in [0.29, 0.717) is 17.8 Å². The highest BCUT2D eigenvalue weighted by molar-refractivity contribution is 5.46. The molecule has 0 aromatic carbocycles. The van der Waals surface area contributed by atoms with Crippen molar-refractivity contribution in [2.24, 2.45) is 13.0 Å². The van der Waals surface area contributed by atoms with Gasteiger partial charge in [0, 0.05) is 19.5 Å². The molecule has 3 rings (SSSR count). The van der Waals surface area contributed by atoms with E-state index in [1.54, 1.807) is 12.5 Å². The highest BCUT2D eigenvalue weighted by atomic mass is 16.5. The van der Waals surface area contributed by atoms with Crippen LogP contribution in [0.15, 0.2) is 17.0 Å². The molecule has 2 heterocycles. The molecule has 1 aliphatic rings. The van der Waals surface area contributed by atoms with Crippen molar-refractivity contribution in [3.05, 3.63) is 18.4 Å². The number of aromatic nitrogens is 4. The summed E-state index contributed by atoms with van der Waals surface area (Å²) in [5.74, 6) is 1.96. The fourth-order valence-electron chi connectivity index (χ4n) is 3.22. The average Bonchev–Trinajstić information content (AvgIpc) is 3.10. The molecule has 6 heteroatoms. The smallest absolute Gasteiger partial charge is 0.227 e. The van der Waals surface area contributed by atoms with Gasteiger partial charge in [-0.3, -0.25) is 0 Å². The number of hydrogen-bond donors (Lipinski definition) is 1. The molecule has 21 heavy (non-hydrogen) atoms. The van der Waals surface area contributed by atoms with Crippen molar-refractivity contribution in [1.82, 2.24) is 25.0 Å².